The van der Waals surface area contributed by atoms with Crippen LogP contribution in [-0.4, -0.2) is 34.4 Å². The fourth-order valence-electron chi connectivity index (χ4n) is 1.14. The fourth-order valence-corrected chi connectivity index (χ4v) is 1.14. The monoisotopic (exact) mass is 266 g/mol. The molecule has 1 aromatic heterocycles. The van der Waals surface area contributed by atoms with Crippen LogP contribution in [0.15, 0.2) is 6.20 Å². The van der Waals surface area contributed by atoms with E-state index in [4.69, 9.17) is 5.11 Å². The van der Waals surface area contributed by atoms with Gasteiger partial charge in [0.05, 0.1) is 25.2 Å². The summed E-state index contributed by atoms with van der Waals surface area (Å²) in [7, 11) is 0. The van der Waals surface area contributed by atoms with Gasteiger partial charge in [0, 0.05) is 0 Å². The molecule has 0 amide bonds. The molecule has 1 N–H and O–H groups in total. The lowest BCUT2D eigenvalue weighted by Crippen LogP contribution is -1.97. The zero-order valence-electron chi connectivity index (χ0n) is 10.2. The Morgan fingerprint density at radius 2 is 1.78 bits per heavy atom. The van der Waals surface area contributed by atoms with Crippen LogP contribution in [0.4, 0.5) is 13.3 Å². The van der Waals surface area contributed by atoms with Gasteiger partial charge in [0.15, 0.2) is 0 Å². The van der Waals surface area contributed by atoms with Gasteiger partial charge in [-0.1, -0.05) is 22.2 Å². The highest BCUT2D eigenvalue weighted by atomic mass is 19.2. The van der Waals surface area contributed by atoms with Crippen molar-refractivity contribution in [1.82, 2.24) is 10.0 Å². The molecule has 104 valence electrons. The number of aromatic nitrogens is 2. The van der Waals surface area contributed by atoms with Crippen LogP contribution in [0.1, 0.15) is 41.7 Å². The quantitative estimate of drug-likeness (QED) is 0.805. The molecule has 0 bridgehead atoms. The molecule has 0 radical (unpaired) electrons. The molecule has 0 spiro atoms. The second kappa shape index (κ2) is 9.49. The van der Waals surface area contributed by atoms with Gasteiger partial charge in [-0.25, -0.2) is 4.79 Å². The number of nitrogens with zero attached hydrogens (tertiary/aromatic N) is 2. The van der Waals surface area contributed by atoms with Crippen LogP contribution in [0.5, 0.6) is 0 Å². The Labute approximate surface area is 103 Å². The minimum Gasteiger partial charge on any atom is -0.478 e. The Morgan fingerprint density at radius 1 is 1.28 bits per heavy atom. The summed E-state index contributed by atoms with van der Waals surface area (Å²) in [5.41, 5.74) is -0.102. The van der Waals surface area contributed by atoms with Gasteiger partial charge in [0.25, 0.3) is 0 Å². The lowest BCUT2D eigenvalue weighted by Gasteiger charge is -1.91. The van der Waals surface area contributed by atoms with Crippen molar-refractivity contribution in [3.05, 3.63) is 17.5 Å². The fraction of sp³-hybridized carbons (Fsp3) is 0.636. The van der Waals surface area contributed by atoms with Crippen molar-refractivity contribution >= 4 is 5.97 Å². The van der Waals surface area contributed by atoms with Crippen LogP contribution in [-0.2, 0) is 0 Å². The van der Waals surface area contributed by atoms with Gasteiger partial charge < -0.3 is 5.11 Å². The lowest BCUT2D eigenvalue weighted by molar-refractivity contribution is 0.0695. The molecule has 1 aromatic rings. The highest BCUT2D eigenvalue weighted by Gasteiger charge is 2.11. The third kappa shape index (κ3) is 6.27. The lowest BCUT2D eigenvalue weighted by atomic mass is 10.2. The van der Waals surface area contributed by atoms with Gasteiger partial charge in [-0.05, 0) is 19.8 Å². The maximum atomic E-state index is 12.2. The van der Waals surface area contributed by atoms with Crippen molar-refractivity contribution in [2.45, 2.75) is 32.6 Å². The molecule has 0 saturated heterocycles. The number of alkyl halides is 2. The van der Waals surface area contributed by atoms with E-state index >= 15 is 0 Å². The number of aromatic carboxylic acids is 1. The highest BCUT2D eigenvalue weighted by molar-refractivity contribution is 5.88. The third-order valence-electron chi connectivity index (χ3n) is 2.20. The predicted molar refractivity (Wildman–Crippen MR) is 60.8 cm³/mol. The second-order valence-electron chi connectivity index (χ2n) is 3.60. The standard InChI is InChI=1S/C6H12F2.C5H5FN2O2/c7-5-3-1-2-4-6-8;1-3-4(5(9)10)2-7-8(3)6/h1-6H2;2H,1H3,(H,9,10). The van der Waals surface area contributed by atoms with Gasteiger partial charge in [-0.2, -0.15) is 0 Å². The zero-order valence-corrected chi connectivity index (χ0v) is 10.2. The molecular formula is C11H17F3N2O2. The van der Waals surface area contributed by atoms with Crippen LogP contribution in [0, 0.1) is 6.92 Å². The molecule has 7 heteroatoms. The van der Waals surface area contributed by atoms with E-state index in [0.29, 0.717) is 12.8 Å². The molecule has 0 unspecified atom stereocenters. The number of carboxylic acid groups (broad SMARTS) is 1. The first-order chi connectivity index (χ1) is 8.54. The molecule has 0 atom stereocenters. The van der Waals surface area contributed by atoms with Crippen LogP contribution >= 0.6 is 0 Å². The summed E-state index contributed by atoms with van der Waals surface area (Å²) >= 11 is 0. The smallest absolute Gasteiger partial charge is 0.339 e. The molecule has 1 heterocycles. The van der Waals surface area contributed by atoms with Gasteiger partial charge in [0.2, 0.25) is 0 Å². The van der Waals surface area contributed by atoms with Crippen LogP contribution in [0.25, 0.3) is 0 Å². The van der Waals surface area contributed by atoms with Crippen molar-refractivity contribution in [2.75, 3.05) is 13.3 Å². The summed E-state index contributed by atoms with van der Waals surface area (Å²) in [5.74, 6) is -1.17. The molecular weight excluding hydrogens is 249 g/mol. The van der Waals surface area contributed by atoms with Crippen molar-refractivity contribution in [3.8, 4) is 0 Å². The maximum Gasteiger partial charge on any atom is 0.339 e. The van der Waals surface area contributed by atoms with Gasteiger partial charge in [0.1, 0.15) is 5.56 Å². The molecule has 0 aromatic carbocycles. The average Bonchev–Trinajstić information content (AvgIpc) is 2.67. The maximum absolute atomic E-state index is 12.2. The summed E-state index contributed by atoms with van der Waals surface area (Å²) in [6, 6.07) is 0. The molecule has 0 aliphatic rings. The first kappa shape index (κ1) is 16.5. The Hall–Kier alpha value is -1.53. The first-order valence-corrected chi connectivity index (χ1v) is 5.60. The number of halogens is 3. The van der Waals surface area contributed by atoms with Crippen LogP contribution in [0.2, 0.25) is 0 Å². The Kier molecular flexibility index (Phi) is 8.69. The second-order valence-corrected chi connectivity index (χ2v) is 3.60. The van der Waals surface area contributed by atoms with E-state index in [1.165, 1.54) is 6.92 Å². The zero-order chi connectivity index (χ0) is 14.0. The Morgan fingerprint density at radius 3 is 2.00 bits per heavy atom. The largest absolute Gasteiger partial charge is 0.478 e. The van der Waals surface area contributed by atoms with E-state index in [-0.39, 0.29) is 29.5 Å². The van der Waals surface area contributed by atoms with Crippen molar-refractivity contribution in [2.24, 2.45) is 0 Å². The average molecular weight is 266 g/mol. The van der Waals surface area contributed by atoms with E-state index < -0.39 is 5.97 Å². The minimum absolute atomic E-state index is 0.00694. The summed E-state index contributed by atoms with van der Waals surface area (Å²) in [6.45, 7) is 0.828. The van der Waals surface area contributed by atoms with Crippen molar-refractivity contribution in [3.63, 3.8) is 0 Å². The van der Waals surface area contributed by atoms with Gasteiger partial charge in [-0.15, -0.1) is 5.10 Å². The number of carbonyl (C=O) groups is 1. The Balaban J connectivity index is 0.000000331. The van der Waals surface area contributed by atoms with E-state index in [9.17, 15) is 18.1 Å². The molecule has 0 saturated carbocycles. The first-order valence-electron chi connectivity index (χ1n) is 5.60. The minimum atomic E-state index is -1.17. The number of rotatable bonds is 6. The normalized spacial score (nSPS) is 9.78. The summed E-state index contributed by atoms with van der Waals surface area (Å²) in [6.07, 6.45) is 3.83. The predicted octanol–water partition coefficient (Wildman–Crippen LogP) is 3.11. The summed E-state index contributed by atoms with van der Waals surface area (Å²) in [4.78, 5) is 10.2. The van der Waals surface area contributed by atoms with E-state index in [2.05, 4.69) is 5.10 Å². The third-order valence-corrected chi connectivity index (χ3v) is 2.20. The van der Waals surface area contributed by atoms with E-state index in [0.717, 1.165) is 19.0 Å². The summed E-state index contributed by atoms with van der Waals surface area (Å²) < 4.78 is 34.9. The molecule has 0 fully saturated rings. The van der Waals surface area contributed by atoms with Crippen molar-refractivity contribution < 1.29 is 23.2 Å². The number of carboxylic acids is 1. The number of hydrogen-bond acceptors (Lipinski definition) is 2. The SMILES string of the molecule is Cc1c(C(=O)O)cnn1F.FCCCCCCF. The molecule has 18 heavy (non-hydrogen) atoms. The van der Waals surface area contributed by atoms with Crippen molar-refractivity contribution in [1.29, 1.82) is 0 Å². The molecule has 0 aliphatic carbocycles. The van der Waals surface area contributed by atoms with E-state index in [1.54, 1.807) is 0 Å². The summed E-state index contributed by atoms with van der Waals surface area (Å²) in [5, 5.41) is 11.5. The van der Waals surface area contributed by atoms with Crippen LogP contribution < -0.4 is 0 Å². The highest BCUT2D eigenvalue weighted by Crippen LogP contribution is 2.05. The topological polar surface area (TPSA) is 55.1 Å². The van der Waals surface area contributed by atoms with Gasteiger partial charge >= 0.3 is 5.97 Å². The Bertz CT molecular complexity index is 350. The van der Waals surface area contributed by atoms with Crippen LogP contribution in [0.3, 0.4) is 0 Å². The van der Waals surface area contributed by atoms with E-state index in [1.807, 2.05) is 0 Å². The number of unbranched alkanes of at least 4 members (excludes halogenated alkanes) is 3. The number of hydrogen-bond donors (Lipinski definition) is 1. The molecule has 0 aliphatic heterocycles. The molecule has 1 rings (SSSR count). The molecule has 4 nitrogen and oxygen atoms in total. The van der Waals surface area contributed by atoms with Gasteiger partial charge in [-0.3, -0.25) is 8.78 Å².